The molecule has 26 heavy (non-hydrogen) atoms. The van der Waals surface area contributed by atoms with Gasteiger partial charge in [-0.25, -0.2) is 4.39 Å². The molecule has 1 aliphatic rings. The maximum Gasteiger partial charge on any atom is 0.314 e. The Labute approximate surface area is 151 Å². The van der Waals surface area contributed by atoms with Crippen LogP contribution in [0.5, 0.6) is 0 Å². The van der Waals surface area contributed by atoms with Gasteiger partial charge in [0.1, 0.15) is 5.82 Å². The lowest BCUT2D eigenvalue weighted by atomic mass is 9.75. The predicted octanol–water partition coefficient (Wildman–Crippen LogP) is 4.97. The molecule has 0 bridgehead atoms. The van der Waals surface area contributed by atoms with E-state index in [9.17, 15) is 14.3 Å². The second kappa shape index (κ2) is 6.20. The highest BCUT2D eigenvalue weighted by atomic mass is 19.1. The summed E-state index contributed by atoms with van der Waals surface area (Å²) < 4.78 is 14.1. The predicted molar refractivity (Wildman–Crippen MR) is 98.8 cm³/mol. The lowest BCUT2D eigenvalue weighted by Gasteiger charge is -2.27. The summed E-state index contributed by atoms with van der Waals surface area (Å²) >= 11 is 0. The Kier molecular flexibility index (Phi) is 3.98. The molecule has 2 unspecified atom stereocenters. The zero-order valence-electron chi connectivity index (χ0n) is 14.6. The van der Waals surface area contributed by atoms with E-state index in [-0.39, 0.29) is 11.7 Å². The molecule has 1 aliphatic carbocycles. The maximum absolute atomic E-state index is 14.1. The summed E-state index contributed by atoms with van der Waals surface area (Å²) in [5, 5.41) is 11.1. The van der Waals surface area contributed by atoms with Crippen LogP contribution >= 0.6 is 0 Å². The molecule has 3 nitrogen and oxygen atoms in total. The van der Waals surface area contributed by atoms with Gasteiger partial charge in [-0.2, -0.15) is 0 Å². The third-order valence-electron chi connectivity index (χ3n) is 5.81. The molecule has 0 radical (unpaired) electrons. The second-order valence-corrected chi connectivity index (χ2v) is 7.19. The average Bonchev–Trinajstić information content (AvgIpc) is 3.10. The van der Waals surface area contributed by atoms with Gasteiger partial charge >= 0.3 is 5.97 Å². The fraction of sp³-hybridized carbons (Fsp3) is 0.273. The number of hydrogen-bond donors (Lipinski definition) is 1. The van der Waals surface area contributed by atoms with Crippen LogP contribution in [0.1, 0.15) is 41.9 Å². The summed E-state index contributed by atoms with van der Waals surface area (Å²) in [5.41, 5.74) is 2.08. The third-order valence-corrected chi connectivity index (χ3v) is 5.81. The van der Waals surface area contributed by atoms with Gasteiger partial charge in [-0.3, -0.25) is 9.78 Å². The molecular weight excluding hydrogens is 329 g/mol. The summed E-state index contributed by atoms with van der Waals surface area (Å²) in [5.74, 6) is -1.07. The third kappa shape index (κ3) is 2.57. The van der Waals surface area contributed by atoms with Crippen LogP contribution in [0.4, 0.5) is 4.39 Å². The van der Waals surface area contributed by atoms with Gasteiger partial charge in [0.25, 0.3) is 0 Å². The van der Waals surface area contributed by atoms with Gasteiger partial charge in [0, 0.05) is 11.6 Å². The number of carboxylic acid groups (broad SMARTS) is 1. The molecule has 1 heterocycles. The molecule has 3 aromatic rings. The summed E-state index contributed by atoms with van der Waals surface area (Å²) in [6.45, 7) is 1.67. The molecule has 2 aromatic carbocycles. The lowest BCUT2D eigenvalue weighted by Crippen LogP contribution is -2.34. The number of nitrogens with zero attached hydrogens (tertiary/aromatic N) is 1. The number of aromatic nitrogens is 1. The summed E-state index contributed by atoms with van der Waals surface area (Å²) in [4.78, 5) is 16.6. The smallest absolute Gasteiger partial charge is 0.314 e. The Morgan fingerprint density at radius 3 is 2.88 bits per heavy atom. The van der Waals surface area contributed by atoms with Crippen molar-refractivity contribution in [2.24, 2.45) is 0 Å². The molecule has 4 heteroatoms. The van der Waals surface area contributed by atoms with Crippen LogP contribution in [0, 0.1) is 12.7 Å². The van der Waals surface area contributed by atoms with Gasteiger partial charge in [0.05, 0.1) is 10.9 Å². The van der Waals surface area contributed by atoms with E-state index in [0.717, 1.165) is 22.9 Å². The normalized spacial score (nSPS) is 22.6. The van der Waals surface area contributed by atoms with Crippen LogP contribution in [-0.2, 0) is 10.2 Å². The van der Waals surface area contributed by atoms with Crippen molar-refractivity contribution in [3.63, 3.8) is 0 Å². The highest BCUT2D eigenvalue weighted by molar-refractivity contribution is 5.83. The van der Waals surface area contributed by atoms with Crippen molar-refractivity contribution in [3.05, 3.63) is 77.2 Å². The largest absolute Gasteiger partial charge is 0.481 e. The molecule has 2 atom stereocenters. The molecule has 0 saturated heterocycles. The lowest BCUT2D eigenvalue weighted by molar-refractivity contribution is -0.143. The molecule has 0 amide bonds. The minimum Gasteiger partial charge on any atom is -0.481 e. The van der Waals surface area contributed by atoms with Crippen LogP contribution in [0.3, 0.4) is 0 Å². The molecule has 1 saturated carbocycles. The Morgan fingerprint density at radius 1 is 1.23 bits per heavy atom. The average molecular weight is 349 g/mol. The quantitative estimate of drug-likeness (QED) is 0.726. The highest BCUT2D eigenvalue weighted by Gasteiger charge is 2.48. The summed E-state index contributed by atoms with van der Waals surface area (Å²) in [7, 11) is 0. The molecule has 1 aromatic heterocycles. The number of hydrogen-bond acceptors (Lipinski definition) is 2. The van der Waals surface area contributed by atoms with Crippen molar-refractivity contribution < 1.29 is 14.3 Å². The van der Waals surface area contributed by atoms with Gasteiger partial charge in [-0.05, 0) is 73.1 Å². The molecule has 0 aliphatic heterocycles. The van der Waals surface area contributed by atoms with Crippen molar-refractivity contribution in [1.29, 1.82) is 0 Å². The SMILES string of the molecule is Cc1c(F)cccc1C1(C(=O)O)CCC(c2ccc3ncccc3c2)C1. The van der Waals surface area contributed by atoms with Crippen LogP contribution < -0.4 is 0 Å². The van der Waals surface area contributed by atoms with Crippen molar-refractivity contribution in [1.82, 2.24) is 4.98 Å². The van der Waals surface area contributed by atoms with Crippen molar-refractivity contribution >= 4 is 16.9 Å². The van der Waals surface area contributed by atoms with Gasteiger partial charge in [-0.1, -0.05) is 24.3 Å². The van der Waals surface area contributed by atoms with E-state index in [1.807, 2.05) is 24.3 Å². The molecule has 1 fully saturated rings. The zero-order chi connectivity index (χ0) is 18.3. The molecule has 132 valence electrons. The molecule has 1 N–H and O–H groups in total. The monoisotopic (exact) mass is 349 g/mol. The van der Waals surface area contributed by atoms with E-state index in [1.54, 1.807) is 25.3 Å². The number of pyridine rings is 1. The Hall–Kier alpha value is -2.75. The first-order valence-corrected chi connectivity index (χ1v) is 8.85. The fourth-order valence-electron chi connectivity index (χ4n) is 4.36. The number of carbonyl (C=O) groups is 1. The van der Waals surface area contributed by atoms with Crippen LogP contribution in [0.15, 0.2) is 54.7 Å². The Morgan fingerprint density at radius 2 is 2.08 bits per heavy atom. The van der Waals surface area contributed by atoms with Gasteiger partial charge in [-0.15, -0.1) is 0 Å². The van der Waals surface area contributed by atoms with Gasteiger partial charge < -0.3 is 5.11 Å². The first-order chi connectivity index (χ1) is 12.5. The maximum atomic E-state index is 14.1. The van der Waals surface area contributed by atoms with Crippen LogP contribution in [-0.4, -0.2) is 16.1 Å². The standard InChI is InChI=1S/C22H20FNO2/c1-14-18(5-2-6-19(14)23)22(21(25)26)10-9-17(13-22)15-7-8-20-16(12-15)4-3-11-24-20/h2-8,11-12,17H,9-10,13H2,1H3,(H,25,26). The summed E-state index contributed by atoms with van der Waals surface area (Å²) in [6, 6.07) is 14.8. The second-order valence-electron chi connectivity index (χ2n) is 7.19. The first-order valence-electron chi connectivity index (χ1n) is 8.85. The van der Waals surface area contributed by atoms with E-state index in [1.165, 1.54) is 6.07 Å². The number of benzene rings is 2. The molecule has 4 rings (SSSR count). The summed E-state index contributed by atoms with van der Waals surface area (Å²) in [6.07, 6.45) is 3.54. The van der Waals surface area contributed by atoms with Gasteiger partial charge in [0.2, 0.25) is 0 Å². The molecular formula is C22H20FNO2. The van der Waals surface area contributed by atoms with Crippen molar-refractivity contribution in [2.75, 3.05) is 0 Å². The van der Waals surface area contributed by atoms with Crippen LogP contribution in [0.2, 0.25) is 0 Å². The van der Waals surface area contributed by atoms with E-state index in [4.69, 9.17) is 0 Å². The number of halogens is 1. The van der Waals surface area contributed by atoms with Gasteiger partial charge in [0.15, 0.2) is 0 Å². The Bertz CT molecular complexity index is 1000. The number of rotatable bonds is 3. The van der Waals surface area contributed by atoms with Crippen molar-refractivity contribution in [2.45, 2.75) is 37.5 Å². The minimum absolute atomic E-state index is 0.137. The van der Waals surface area contributed by atoms with E-state index >= 15 is 0 Å². The highest BCUT2D eigenvalue weighted by Crippen LogP contribution is 2.49. The number of fused-ring (bicyclic) bond motifs is 1. The van der Waals surface area contributed by atoms with Crippen molar-refractivity contribution in [3.8, 4) is 0 Å². The zero-order valence-corrected chi connectivity index (χ0v) is 14.6. The molecule has 0 spiro atoms. The first kappa shape index (κ1) is 16.7. The van der Waals surface area contributed by atoms with E-state index < -0.39 is 11.4 Å². The van der Waals surface area contributed by atoms with E-state index in [0.29, 0.717) is 24.0 Å². The van der Waals surface area contributed by atoms with E-state index in [2.05, 4.69) is 11.1 Å². The number of carboxylic acids is 1. The van der Waals surface area contributed by atoms with Crippen LogP contribution in [0.25, 0.3) is 10.9 Å². The number of aliphatic carboxylic acids is 1. The topological polar surface area (TPSA) is 50.2 Å². The minimum atomic E-state index is -1.03. The Balaban J connectivity index is 1.74. The fourth-order valence-corrected chi connectivity index (χ4v) is 4.36.